The number of allylic oxidation sites excluding steroid dienone is 1. The van der Waals surface area contributed by atoms with E-state index in [4.69, 9.17) is 9.47 Å². The molecule has 0 atom stereocenters. The summed E-state index contributed by atoms with van der Waals surface area (Å²) < 4.78 is 10.1. The number of carbonyl (C=O) groups is 1. The zero-order valence-corrected chi connectivity index (χ0v) is 8.95. The van der Waals surface area contributed by atoms with Gasteiger partial charge < -0.3 is 9.47 Å². The number of benzene rings is 1. The molecule has 0 aliphatic rings. The largest absolute Gasteiger partial charge is 0.494 e. The maximum absolute atomic E-state index is 11.4. The van der Waals surface area contributed by atoms with Gasteiger partial charge in [0.2, 0.25) is 0 Å². The Bertz CT molecular complexity index is 352. The monoisotopic (exact) mass is 206 g/mol. The van der Waals surface area contributed by atoms with Gasteiger partial charge in [-0.3, -0.25) is 0 Å². The molecular formula is C12H14O3. The second-order valence-electron chi connectivity index (χ2n) is 3.05. The third kappa shape index (κ3) is 3.46. The van der Waals surface area contributed by atoms with Gasteiger partial charge in [0.15, 0.2) is 0 Å². The summed E-state index contributed by atoms with van der Waals surface area (Å²) in [5.74, 6) is 0.726. The second kappa shape index (κ2) is 5.20. The van der Waals surface area contributed by atoms with E-state index < -0.39 is 5.97 Å². The third-order valence-corrected chi connectivity index (χ3v) is 1.67. The molecule has 0 radical (unpaired) electrons. The lowest BCUT2D eigenvalue weighted by atomic mass is 10.2. The van der Waals surface area contributed by atoms with Crippen molar-refractivity contribution in [3.63, 3.8) is 0 Å². The van der Waals surface area contributed by atoms with Crippen LogP contribution in [0, 0.1) is 0 Å². The van der Waals surface area contributed by atoms with E-state index in [0.29, 0.717) is 17.9 Å². The molecule has 0 fully saturated rings. The molecule has 0 aliphatic heterocycles. The summed E-state index contributed by atoms with van der Waals surface area (Å²) in [5, 5.41) is 0. The molecule has 0 N–H and O–H groups in total. The molecule has 0 aliphatic carbocycles. The maximum atomic E-state index is 11.4. The first-order valence-corrected chi connectivity index (χ1v) is 4.74. The number of ether oxygens (including phenoxy) is 2. The molecule has 0 aromatic heterocycles. The van der Waals surface area contributed by atoms with Gasteiger partial charge in [-0.1, -0.05) is 6.58 Å². The van der Waals surface area contributed by atoms with Crippen molar-refractivity contribution in [2.24, 2.45) is 0 Å². The van der Waals surface area contributed by atoms with Gasteiger partial charge in [-0.25, -0.2) is 4.79 Å². The molecular weight excluding hydrogens is 192 g/mol. The van der Waals surface area contributed by atoms with E-state index in [1.165, 1.54) is 0 Å². The van der Waals surface area contributed by atoms with Crippen molar-refractivity contribution in [3.05, 3.63) is 42.2 Å². The highest BCUT2D eigenvalue weighted by atomic mass is 16.5. The lowest BCUT2D eigenvalue weighted by Crippen LogP contribution is -2.03. The molecule has 0 saturated carbocycles. The maximum Gasteiger partial charge on any atom is 0.343 e. The number of esters is 1. The molecule has 80 valence electrons. The van der Waals surface area contributed by atoms with Crippen molar-refractivity contribution in [2.75, 3.05) is 6.61 Å². The van der Waals surface area contributed by atoms with Crippen LogP contribution in [0.1, 0.15) is 24.2 Å². The lowest BCUT2D eigenvalue weighted by Gasteiger charge is -2.05. The van der Waals surface area contributed by atoms with E-state index in [1.54, 1.807) is 31.2 Å². The van der Waals surface area contributed by atoms with Crippen LogP contribution in [0.15, 0.2) is 36.6 Å². The van der Waals surface area contributed by atoms with Crippen molar-refractivity contribution in [2.45, 2.75) is 13.8 Å². The average Bonchev–Trinajstić information content (AvgIpc) is 2.18. The summed E-state index contributed by atoms with van der Waals surface area (Å²) in [6, 6.07) is 6.80. The van der Waals surface area contributed by atoms with E-state index in [-0.39, 0.29) is 0 Å². The van der Waals surface area contributed by atoms with Crippen LogP contribution in [0.25, 0.3) is 0 Å². The molecule has 1 aromatic rings. The third-order valence-electron chi connectivity index (χ3n) is 1.67. The minimum atomic E-state index is -0.398. The molecule has 0 amide bonds. The molecule has 15 heavy (non-hydrogen) atoms. The van der Waals surface area contributed by atoms with Gasteiger partial charge in [-0.15, -0.1) is 0 Å². The first-order chi connectivity index (χ1) is 7.13. The van der Waals surface area contributed by atoms with E-state index in [0.717, 1.165) is 5.75 Å². The molecule has 0 unspecified atom stereocenters. The van der Waals surface area contributed by atoms with Crippen LogP contribution >= 0.6 is 0 Å². The highest BCUT2D eigenvalue weighted by Gasteiger charge is 2.06. The van der Waals surface area contributed by atoms with Gasteiger partial charge in [-0.05, 0) is 38.1 Å². The van der Waals surface area contributed by atoms with Crippen molar-refractivity contribution in [1.29, 1.82) is 0 Å². The van der Waals surface area contributed by atoms with Gasteiger partial charge in [-0.2, -0.15) is 0 Å². The Balaban J connectivity index is 2.71. The van der Waals surface area contributed by atoms with Gasteiger partial charge in [0, 0.05) is 0 Å². The molecule has 0 bridgehead atoms. The van der Waals surface area contributed by atoms with Crippen LogP contribution in [0.3, 0.4) is 0 Å². The minimum absolute atomic E-state index is 0.383. The standard InChI is InChI=1S/C12H14O3/c1-4-14-11-7-5-10(6-8-11)12(13)15-9(2)3/h5-8H,2,4H2,1,3H3. The minimum Gasteiger partial charge on any atom is -0.494 e. The second-order valence-corrected chi connectivity index (χ2v) is 3.05. The van der Waals surface area contributed by atoms with E-state index >= 15 is 0 Å². The highest BCUT2D eigenvalue weighted by Crippen LogP contribution is 2.13. The van der Waals surface area contributed by atoms with Crippen LogP contribution in [0.5, 0.6) is 5.75 Å². The summed E-state index contributed by atoms with van der Waals surface area (Å²) in [7, 11) is 0. The Morgan fingerprint density at radius 1 is 1.33 bits per heavy atom. The quantitative estimate of drug-likeness (QED) is 0.561. The van der Waals surface area contributed by atoms with Crippen LogP contribution in [-0.2, 0) is 4.74 Å². The van der Waals surface area contributed by atoms with Gasteiger partial charge in [0.05, 0.1) is 17.9 Å². The fourth-order valence-corrected chi connectivity index (χ4v) is 1.07. The molecule has 1 aromatic carbocycles. The zero-order chi connectivity index (χ0) is 11.3. The van der Waals surface area contributed by atoms with Gasteiger partial charge in [0.1, 0.15) is 5.75 Å². The molecule has 0 spiro atoms. The van der Waals surface area contributed by atoms with Crippen LogP contribution < -0.4 is 4.74 Å². The topological polar surface area (TPSA) is 35.5 Å². The fraction of sp³-hybridized carbons (Fsp3) is 0.250. The predicted molar refractivity (Wildman–Crippen MR) is 57.8 cm³/mol. The Morgan fingerprint density at radius 3 is 2.40 bits per heavy atom. The predicted octanol–water partition coefficient (Wildman–Crippen LogP) is 2.78. The average molecular weight is 206 g/mol. The van der Waals surface area contributed by atoms with Gasteiger partial charge in [0.25, 0.3) is 0 Å². The van der Waals surface area contributed by atoms with Crippen molar-refractivity contribution in [1.82, 2.24) is 0 Å². The van der Waals surface area contributed by atoms with Crippen LogP contribution in [0.2, 0.25) is 0 Å². The Labute approximate surface area is 89.3 Å². The summed E-state index contributed by atoms with van der Waals surface area (Å²) in [5.41, 5.74) is 0.487. The number of hydrogen-bond acceptors (Lipinski definition) is 3. The number of rotatable bonds is 4. The first-order valence-electron chi connectivity index (χ1n) is 4.74. The Kier molecular flexibility index (Phi) is 3.92. The number of carbonyl (C=O) groups excluding carboxylic acids is 1. The summed E-state index contributed by atoms with van der Waals surface area (Å²) >= 11 is 0. The summed E-state index contributed by atoms with van der Waals surface area (Å²) in [4.78, 5) is 11.4. The molecule has 3 nitrogen and oxygen atoms in total. The fourth-order valence-electron chi connectivity index (χ4n) is 1.07. The SMILES string of the molecule is C=C(C)OC(=O)c1ccc(OCC)cc1. The van der Waals surface area contributed by atoms with Gasteiger partial charge >= 0.3 is 5.97 Å². The summed E-state index contributed by atoms with van der Waals surface area (Å²) in [6.07, 6.45) is 0. The van der Waals surface area contributed by atoms with Crippen LogP contribution in [0.4, 0.5) is 0 Å². The van der Waals surface area contributed by atoms with E-state index in [9.17, 15) is 4.79 Å². The first kappa shape index (κ1) is 11.3. The number of hydrogen-bond donors (Lipinski definition) is 0. The Morgan fingerprint density at radius 2 is 1.93 bits per heavy atom. The van der Waals surface area contributed by atoms with E-state index in [1.807, 2.05) is 6.92 Å². The normalized spacial score (nSPS) is 9.47. The van der Waals surface area contributed by atoms with Crippen LogP contribution in [-0.4, -0.2) is 12.6 Å². The lowest BCUT2D eigenvalue weighted by molar-refractivity contribution is 0.0628. The molecule has 1 rings (SSSR count). The van der Waals surface area contributed by atoms with E-state index in [2.05, 4.69) is 6.58 Å². The zero-order valence-electron chi connectivity index (χ0n) is 8.95. The van der Waals surface area contributed by atoms with Crippen molar-refractivity contribution in [3.8, 4) is 5.75 Å². The Hall–Kier alpha value is -1.77. The highest BCUT2D eigenvalue weighted by molar-refractivity contribution is 5.90. The smallest absolute Gasteiger partial charge is 0.343 e. The molecule has 3 heteroatoms. The van der Waals surface area contributed by atoms with Crippen molar-refractivity contribution < 1.29 is 14.3 Å². The molecule has 0 heterocycles. The molecule has 0 saturated heterocycles. The summed E-state index contributed by atoms with van der Waals surface area (Å²) in [6.45, 7) is 7.64. The van der Waals surface area contributed by atoms with Crippen molar-refractivity contribution >= 4 is 5.97 Å².